The van der Waals surface area contributed by atoms with Crippen LogP contribution in [0.1, 0.15) is 55.7 Å². The van der Waals surface area contributed by atoms with E-state index >= 15 is 0 Å². The molecule has 1 aliphatic rings. The highest BCUT2D eigenvalue weighted by molar-refractivity contribution is 5.98. The van der Waals surface area contributed by atoms with E-state index < -0.39 is 11.9 Å². The number of carbonyl (C=O) groups excluding carboxylic acids is 1. The summed E-state index contributed by atoms with van der Waals surface area (Å²) in [7, 11) is 0. The van der Waals surface area contributed by atoms with E-state index in [2.05, 4.69) is 10.1 Å². The molecule has 0 radical (unpaired) electrons. The number of hydrogen-bond donors (Lipinski definition) is 1. The molecule has 2 aromatic heterocycles. The van der Waals surface area contributed by atoms with Gasteiger partial charge < -0.3 is 10.0 Å². The Morgan fingerprint density at radius 2 is 2.04 bits per heavy atom. The second kappa shape index (κ2) is 6.46. The Hall–Kier alpha value is -2.44. The zero-order chi connectivity index (χ0) is 18.3. The van der Waals surface area contributed by atoms with Crippen LogP contribution in [-0.4, -0.2) is 49.2 Å². The van der Waals surface area contributed by atoms with Gasteiger partial charge in [-0.05, 0) is 46.6 Å². The third-order valence-corrected chi connectivity index (χ3v) is 4.97. The monoisotopic (exact) mass is 344 g/mol. The maximum absolute atomic E-state index is 13.0. The lowest BCUT2D eigenvalue weighted by molar-refractivity contribution is -0.143. The predicted octanol–water partition coefficient (Wildman–Crippen LogP) is 2.65. The van der Waals surface area contributed by atoms with E-state index in [4.69, 9.17) is 0 Å². The average Bonchev–Trinajstić information content (AvgIpc) is 2.96. The number of carboxylic acid groups (broad SMARTS) is 1. The van der Waals surface area contributed by atoms with Crippen molar-refractivity contribution in [2.45, 2.75) is 52.6 Å². The summed E-state index contributed by atoms with van der Waals surface area (Å²) in [5.41, 5.74) is 1.93. The van der Waals surface area contributed by atoms with Gasteiger partial charge in [-0.15, -0.1) is 0 Å². The summed E-state index contributed by atoms with van der Waals surface area (Å²) in [4.78, 5) is 30.6. The molecule has 0 aromatic carbocycles. The van der Waals surface area contributed by atoms with Crippen molar-refractivity contribution >= 4 is 22.9 Å². The van der Waals surface area contributed by atoms with E-state index in [9.17, 15) is 14.7 Å². The molecule has 0 spiro atoms. The summed E-state index contributed by atoms with van der Waals surface area (Å²) < 4.78 is 1.83. The van der Waals surface area contributed by atoms with Gasteiger partial charge in [0.1, 0.15) is 0 Å². The zero-order valence-electron chi connectivity index (χ0n) is 15.1. The van der Waals surface area contributed by atoms with Crippen LogP contribution in [0.5, 0.6) is 0 Å². The van der Waals surface area contributed by atoms with Crippen molar-refractivity contribution in [3.05, 3.63) is 23.5 Å². The van der Waals surface area contributed by atoms with Crippen LogP contribution in [-0.2, 0) is 4.79 Å². The molecule has 25 heavy (non-hydrogen) atoms. The highest BCUT2D eigenvalue weighted by Crippen LogP contribution is 2.26. The highest BCUT2D eigenvalue weighted by Gasteiger charge is 2.33. The van der Waals surface area contributed by atoms with E-state index in [-0.39, 0.29) is 24.5 Å². The molecule has 3 heterocycles. The number of pyridine rings is 1. The zero-order valence-corrected chi connectivity index (χ0v) is 15.1. The Labute approximate surface area is 146 Å². The van der Waals surface area contributed by atoms with Crippen LogP contribution < -0.4 is 0 Å². The number of rotatable bonds is 3. The van der Waals surface area contributed by atoms with Crippen LogP contribution in [0.2, 0.25) is 0 Å². The summed E-state index contributed by atoms with van der Waals surface area (Å²) >= 11 is 0. The second-order valence-electron chi connectivity index (χ2n) is 7.14. The van der Waals surface area contributed by atoms with E-state index in [0.29, 0.717) is 24.1 Å². The van der Waals surface area contributed by atoms with E-state index in [1.807, 2.05) is 38.4 Å². The van der Waals surface area contributed by atoms with Crippen molar-refractivity contribution in [2.24, 2.45) is 5.92 Å². The van der Waals surface area contributed by atoms with Crippen LogP contribution in [0.4, 0.5) is 0 Å². The minimum absolute atomic E-state index is 0.0246. The summed E-state index contributed by atoms with van der Waals surface area (Å²) in [5.74, 6) is -1.49. The molecule has 0 aliphatic carbocycles. The molecular weight excluding hydrogens is 320 g/mol. The fraction of sp³-hybridized carbons (Fsp3) is 0.556. The number of amides is 1. The molecule has 7 nitrogen and oxygen atoms in total. The van der Waals surface area contributed by atoms with Crippen LogP contribution in [0.25, 0.3) is 11.0 Å². The normalized spacial score (nSPS) is 21.1. The lowest BCUT2D eigenvalue weighted by Gasteiger charge is -2.36. The van der Waals surface area contributed by atoms with Gasteiger partial charge in [0.2, 0.25) is 0 Å². The van der Waals surface area contributed by atoms with Crippen LogP contribution in [0, 0.1) is 12.8 Å². The molecule has 1 amide bonds. The van der Waals surface area contributed by atoms with Crippen molar-refractivity contribution in [3.63, 3.8) is 0 Å². The third kappa shape index (κ3) is 3.10. The Morgan fingerprint density at radius 3 is 2.68 bits per heavy atom. The number of fused-ring (bicyclic) bond motifs is 1. The topological polar surface area (TPSA) is 88.3 Å². The van der Waals surface area contributed by atoms with Crippen molar-refractivity contribution in [1.82, 2.24) is 19.7 Å². The van der Waals surface area contributed by atoms with Gasteiger partial charge in [-0.2, -0.15) is 5.10 Å². The fourth-order valence-corrected chi connectivity index (χ4v) is 3.41. The number of piperidine rings is 1. The summed E-state index contributed by atoms with van der Waals surface area (Å²) in [6.07, 6.45) is 3.03. The highest BCUT2D eigenvalue weighted by atomic mass is 16.4. The third-order valence-electron chi connectivity index (χ3n) is 4.97. The number of aliphatic carboxylic acids is 1. The minimum atomic E-state index is -0.840. The van der Waals surface area contributed by atoms with Gasteiger partial charge >= 0.3 is 5.97 Å². The van der Waals surface area contributed by atoms with E-state index in [1.54, 1.807) is 11.1 Å². The minimum Gasteiger partial charge on any atom is -0.481 e. The molecule has 1 fully saturated rings. The first kappa shape index (κ1) is 17.4. The smallest absolute Gasteiger partial charge is 0.308 e. The van der Waals surface area contributed by atoms with Gasteiger partial charge in [0, 0.05) is 24.0 Å². The number of carboxylic acids is 1. The SMILES string of the molecule is Cc1nc2c(cnn2C(C)C)cc1C(=O)N1CC(C(=O)O)CCC1C. The lowest BCUT2D eigenvalue weighted by atomic mass is 9.92. The van der Waals surface area contributed by atoms with Gasteiger partial charge in [-0.1, -0.05) is 0 Å². The molecule has 0 saturated carbocycles. The maximum Gasteiger partial charge on any atom is 0.308 e. The Bertz CT molecular complexity index is 827. The average molecular weight is 344 g/mol. The van der Waals surface area contributed by atoms with Gasteiger partial charge in [0.05, 0.1) is 23.4 Å². The fourth-order valence-electron chi connectivity index (χ4n) is 3.41. The molecule has 1 N–H and O–H groups in total. The second-order valence-corrected chi connectivity index (χ2v) is 7.14. The molecule has 2 atom stereocenters. The quantitative estimate of drug-likeness (QED) is 0.925. The van der Waals surface area contributed by atoms with Crippen molar-refractivity contribution in [3.8, 4) is 0 Å². The standard InChI is InChI=1S/C18H24N4O3/c1-10(2)22-16-14(8-19-22)7-15(12(4)20-16)17(23)21-9-13(18(24)25)6-5-11(21)3/h7-8,10-11,13H,5-6,9H2,1-4H3,(H,24,25). The maximum atomic E-state index is 13.0. The first-order valence-electron chi connectivity index (χ1n) is 8.68. The molecule has 2 aromatic rings. The summed E-state index contributed by atoms with van der Waals surface area (Å²) in [6.45, 7) is 8.09. The Morgan fingerprint density at radius 1 is 1.32 bits per heavy atom. The number of aromatic nitrogens is 3. The van der Waals surface area contributed by atoms with E-state index in [1.165, 1.54) is 0 Å². The largest absolute Gasteiger partial charge is 0.481 e. The van der Waals surface area contributed by atoms with Crippen LogP contribution >= 0.6 is 0 Å². The number of likely N-dealkylation sites (tertiary alicyclic amines) is 1. The number of aryl methyl sites for hydroxylation is 1. The molecule has 1 saturated heterocycles. The first-order chi connectivity index (χ1) is 11.8. The van der Waals surface area contributed by atoms with Gasteiger partial charge in [0.25, 0.3) is 5.91 Å². The predicted molar refractivity (Wildman–Crippen MR) is 93.5 cm³/mol. The van der Waals surface area contributed by atoms with Gasteiger partial charge in [-0.25, -0.2) is 9.67 Å². The molecule has 3 rings (SSSR count). The first-order valence-corrected chi connectivity index (χ1v) is 8.68. The Kier molecular flexibility index (Phi) is 4.49. The van der Waals surface area contributed by atoms with Gasteiger partial charge in [-0.3, -0.25) is 9.59 Å². The molecular formula is C18H24N4O3. The lowest BCUT2D eigenvalue weighted by Crippen LogP contribution is -2.47. The molecule has 1 aliphatic heterocycles. The molecule has 7 heteroatoms. The van der Waals surface area contributed by atoms with Crippen LogP contribution in [0.15, 0.2) is 12.3 Å². The molecule has 134 valence electrons. The number of nitrogens with zero attached hydrogens (tertiary/aromatic N) is 4. The number of carbonyl (C=O) groups is 2. The Balaban J connectivity index is 1.96. The number of hydrogen-bond acceptors (Lipinski definition) is 4. The van der Waals surface area contributed by atoms with Gasteiger partial charge in [0.15, 0.2) is 5.65 Å². The van der Waals surface area contributed by atoms with Crippen LogP contribution in [0.3, 0.4) is 0 Å². The van der Waals surface area contributed by atoms with Crippen molar-refractivity contribution < 1.29 is 14.7 Å². The summed E-state index contributed by atoms with van der Waals surface area (Å²) in [6, 6.07) is 2.03. The molecule has 2 unspecified atom stereocenters. The van der Waals surface area contributed by atoms with E-state index in [0.717, 1.165) is 11.0 Å². The van der Waals surface area contributed by atoms with Crippen molar-refractivity contribution in [1.29, 1.82) is 0 Å². The molecule has 0 bridgehead atoms. The van der Waals surface area contributed by atoms with Crippen molar-refractivity contribution in [2.75, 3.05) is 6.54 Å². The summed E-state index contributed by atoms with van der Waals surface area (Å²) in [5, 5.41) is 14.5.